The van der Waals surface area contributed by atoms with Crippen molar-refractivity contribution in [3.05, 3.63) is 0 Å². The van der Waals surface area contributed by atoms with Crippen LogP contribution in [0.25, 0.3) is 0 Å². The number of hydrogen-bond donors (Lipinski definition) is 3. The lowest BCUT2D eigenvalue weighted by atomic mass is 9.43. The van der Waals surface area contributed by atoms with Crippen molar-refractivity contribution >= 4 is 5.91 Å². The lowest BCUT2D eigenvalue weighted by Gasteiger charge is -2.63. The number of fused-ring (bicyclic) bond motifs is 4. The first kappa shape index (κ1) is 27.5. The van der Waals surface area contributed by atoms with E-state index >= 15 is 0 Å². The van der Waals surface area contributed by atoms with Crippen molar-refractivity contribution in [1.29, 1.82) is 0 Å². The van der Waals surface area contributed by atoms with Crippen molar-refractivity contribution in [3.63, 3.8) is 0 Å². The van der Waals surface area contributed by atoms with E-state index in [-0.39, 0.29) is 51.8 Å². The predicted molar refractivity (Wildman–Crippen MR) is 148 cm³/mol. The Bertz CT molecular complexity index is 1010. The molecule has 6 nitrogen and oxygen atoms in total. The smallest absolute Gasteiger partial charge is 0.227 e. The first-order valence-corrected chi connectivity index (χ1v) is 15.5. The molecule has 1 heterocycles. The van der Waals surface area contributed by atoms with E-state index < -0.39 is 17.1 Å². The summed E-state index contributed by atoms with van der Waals surface area (Å²) in [6.07, 6.45) is 7.26. The molecular formula is C32H54N2O4. The van der Waals surface area contributed by atoms with E-state index in [1.165, 1.54) is 12.8 Å². The van der Waals surface area contributed by atoms with Crippen molar-refractivity contribution in [3.8, 4) is 0 Å². The monoisotopic (exact) mass is 530 g/mol. The van der Waals surface area contributed by atoms with Gasteiger partial charge >= 0.3 is 0 Å². The Labute approximate surface area is 230 Å². The highest BCUT2D eigenvalue weighted by Crippen LogP contribution is 2.87. The minimum absolute atomic E-state index is 0.0567. The van der Waals surface area contributed by atoms with E-state index in [1.807, 2.05) is 32.7 Å². The Balaban J connectivity index is 1.29. The van der Waals surface area contributed by atoms with Gasteiger partial charge in [0.2, 0.25) is 5.91 Å². The first-order valence-electron chi connectivity index (χ1n) is 15.5. The van der Waals surface area contributed by atoms with Crippen molar-refractivity contribution < 1.29 is 19.7 Å². The summed E-state index contributed by atoms with van der Waals surface area (Å²) < 4.78 is 6.77. The predicted octanol–water partition coefficient (Wildman–Crippen LogP) is 4.36. The number of carbonyl (C=O) groups is 1. The molecule has 4 N–H and O–H groups in total. The zero-order valence-corrected chi connectivity index (χ0v) is 25.2. The Hall–Kier alpha value is -0.690. The molecule has 6 aliphatic rings. The number of ether oxygens (including phenoxy) is 1. The molecule has 6 heteroatoms. The number of nitrogens with zero attached hydrogens (tertiary/aromatic N) is 1. The maximum atomic E-state index is 12.9. The SMILES string of the molecule is CC1CC(CN(C)C(=O)C(C)(C)C)OC2C1C1(C)CCC34CC35CCC(O)C(C)(C)C5CCC4C1(N)C2O. The molecule has 6 fully saturated rings. The van der Waals surface area contributed by atoms with E-state index in [1.54, 1.807) is 0 Å². The average molecular weight is 531 g/mol. The van der Waals surface area contributed by atoms with Crippen LogP contribution in [0.3, 0.4) is 0 Å². The summed E-state index contributed by atoms with van der Waals surface area (Å²) in [6, 6.07) is 0. The average Bonchev–Trinajstić information content (AvgIpc) is 3.45. The molecular weight excluding hydrogens is 476 g/mol. The van der Waals surface area contributed by atoms with E-state index in [9.17, 15) is 15.0 Å². The van der Waals surface area contributed by atoms with Crippen molar-refractivity contribution in [1.82, 2.24) is 4.90 Å². The fourth-order valence-corrected chi connectivity index (χ4v) is 12.1. The van der Waals surface area contributed by atoms with Crippen molar-refractivity contribution in [2.45, 2.75) is 130 Å². The van der Waals surface area contributed by atoms with E-state index in [2.05, 4.69) is 27.7 Å². The highest BCUT2D eigenvalue weighted by molar-refractivity contribution is 5.81. The minimum atomic E-state index is -0.690. The molecule has 12 atom stereocenters. The van der Waals surface area contributed by atoms with Crippen LogP contribution in [0, 0.1) is 50.7 Å². The zero-order valence-electron chi connectivity index (χ0n) is 25.2. The number of aliphatic hydroxyl groups excluding tert-OH is 2. The third-order valence-electron chi connectivity index (χ3n) is 13.8. The lowest BCUT2D eigenvalue weighted by Crippen LogP contribution is -2.70. The van der Waals surface area contributed by atoms with Crippen LogP contribution in [0.1, 0.15) is 99.8 Å². The van der Waals surface area contributed by atoms with Gasteiger partial charge < -0.3 is 25.6 Å². The Morgan fingerprint density at radius 3 is 2.32 bits per heavy atom. The first-order chi connectivity index (χ1) is 17.5. The summed E-state index contributed by atoms with van der Waals surface area (Å²) in [6.45, 7) is 15.7. The summed E-state index contributed by atoms with van der Waals surface area (Å²) in [7, 11) is 1.88. The number of carbonyl (C=O) groups excluding carboxylic acids is 1. The summed E-state index contributed by atoms with van der Waals surface area (Å²) in [4.78, 5) is 14.7. The summed E-state index contributed by atoms with van der Waals surface area (Å²) in [5, 5.41) is 23.1. The molecule has 1 amide bonds. The second-order valence-corrected chi connectivity index (χ2v) is 16.7. The van der Waals surface area contributed by atoms with E-state index in [0.29, 0.717) is 24.3 Å². The molecule has 216 valence electrons. The van der Waals surface area contributed by atoms with Gasteiger partial charge in [0.25, 0.3) is 0 Å². The van der Waals surface area contributed by atoms with Gasteiger partial charge in [0.05, 0.1) is 30.0 Å². The molecule has 0 aromatic carbocycles. The molecule has 5 saturated carbocycles. The third kappa shape index (κ3) is 3.13. The molecule has 5 aliphatic carbocycles. The molecule has 0 aromatic heterocycles. The Morgan fingerprint density at radius 2 is 1.66 bits per heavy atom. The van der Waals surface area contributed by atoms with Gasteiger partial charge in [0, 0.05) is 19.0 Å². The fraction of sp³-hybridized carbons (Fsp3) is 0.969. The molecule has 6 rings (SSSR count). The van der Waals surface area contributed by atoms with Gasteiger partial charge in [-0.2, -0.15) is 0 Å². The second kappa shape index (κ2) is 7.98. The maximum absolute atomic E-state index is 12.9. The molecule has 1 aliphatic heterocycles. The molecule has 0 aromatic rings. The lowest BCUT2D eigenvalue weighted by molar-refractivity contribution is -0.156. The maximum Gasteiger partial charge on any atom is 0.227 e. The quantitative estimate of drug-likeness (QED) is 0.493. The molecule has 1 saturated heterocycles. The van der Waals surface area contributed by atoms with Crippen molar-refractivity contribution in [2.24, 2.45) is 56.5 Å². The van der Waals surface area contributed by atoms with E-state index in [4.69, 9.17) is 10.5 Å². The van der Waals surface area contributed by atoms with Crippen LogP contribution < -0.4 is 5.73 Å². The molecule has 2 spiro atoms. The van der Waals surface area contributed by atoms with Gasteiger partial charge in [-0.1, -0.05) is 48.5 Å². The Morgan fingerprint density at radius 1 is 1.03 bits per heavy atom. The van der Waals surface area contributed by atoms with Gasteiger partial charge in [-0.25, -0.2) is 0 Å². The largest absolute Gasteiger partial charge is 0.393 e. The minimum Gasteiger partial charge on any atom is -0.393 e. The standard InChI is InChI=1S/C32H54N2O4/c1-18-15-19(16-34(8)26(37)27(2,3)4)38-24-23(18)29(7)13-14-31-17-30(31)12-11-22(35)28(5,6)20(30)9-10-21(31)32(29,33)25(24)36/h18-25,35-36H,9-17,33H2,1-8H3. The molecule has 38 heavy (non-hydrogen) atoms. The molecule has 0 radical (unpaired) electrons. The van der Waals surface area contributed by atoms with Crippen LogP contribution in [0.2, 0.25) is 0 Å². The highest BCUT2D eigenvalue weighted by atomic mass is 16.5. The molecule has 12 unspecified atom stereocenters. The summed E-state index contributed by atoms with van der Waals surface area (Å²) >= 11 is 0. The number of amides is 1. The van der Waals surface area contributed by atoms with Crippen LogP contribution in [-0.4, -0.2) is 64.6 Å². The fourth-order valence-electron chi connectivity index (χ4n) is 12.1. The summed E-state index contributed by atoms with van der Waals surface area (Å²) in [5.41, 5.74) is 6.84. The number of aliphatic hydroxyl groups is 2. The van der Waals surface area contributed by atoms with Crippen LogP contribution >= 0.6 is 0 Å². The van der Waals surface area contributed by atoms with Crippen LogP contribution in [0.15, 0.2) is 0 Å². The van der Waals surface area contributed by atoms with Gasteiger partial charge in [-0.3, -0.25) is 4.79 Å². The normalized spacial score (nSPS) is 54.6. The highest BCUT2D eigenvalue weighted by Gasteiger charge is 2.85. The third-order valence-corrected chi connectivity index (χ3v) is 13.8. The number of nitrogens with two attached hydrogens (primary N) is 1. The zero-order chi connectivity index (χ0) is 27.8. The second-order valence-electron chi connectivity index (χ2n) is 16.7. The van der Waals surface area contributed by atoms with Crippen molar-refractivity contribution in [2.75, 3.05) is 13.6 Å². The van der Waals surface area contributed by atoms with Gasteiger partial charge in [-0.05, 0) is 96.7 Å². The number of likely N-dealkylation sites (N-methyl/N-ethyl adjacent to an activating group) is 1. The van der Waals surface area contributed by atoms with Crippen LogP contribution in [0.5, 0.6) is 0 Å². The van der Waals surface area contributed by atoms with Crippen LogP contribution in [0.4, 0.5) is 0 Å². The van der Waals surface area contributed by atoms with Gasteiger partial charge in [-0.15, -0.1) is 0 Å². The van der Waals surface area contributed by atoms with Gasteiger partial charge in [0.15, 0.2) is 0 Å². The Kier molecular flexibility index (Phi) is 5.77. The molecule has 0 bridgehead atoms. The topological polar surface area (TPSA) is 96.0 Å². The van der Waals surface area contributed by atoms with Gasteiger partial charge in [0.1, 0.15) is 0 Å². The van der Waals surface area contributed by atoms with E-state index in [0.717, 1.165) is 38.5 Å². The summed E-state index contributed by atoms with van der Waals surface area (Å²) in [5.74, 6) is 1.58. The van der Waals surface area contributed by atoms with Crippen LogP contribution in [-0.2, 0) is 9.53 Å². The number of rotatable bonds is 2. The number of hydrogen-bond acceptors (Lipinski definition) is 5.